The van der Waals surface area contributed by atoms with Crippen LogP contribution in [0.25, 0.3) is 5.57 Å². The van der Waals surface area contributed by atoms with E-state index in [0.29, 0.717) is 24.2 Å². The molecule has 2 fully saturated rings. The number of esters is 1. The summed E-state index contributed by atoms with van der Waals surface area (Å²) >= 11 is 0. The van der Waals surface area contributed by atoms with Crippen molar-refractivity contribution in [3.63, 3.8) is 0 Å². The number of amides is 1. The molecule has 1 amide bonds. The zero-order valence-corrected chi connectivity index (χ0v) is 31.5. The van der Waals surface area contributed by atoms with Crippen molar-refractivity contribution in [2.75, 3.05) is 6.54 Å². The SMILES string of the molecule is CC(CC(=O)N(CC(=O)O)Cc1ccccc1)SS[C@H](C)CC(=O)O[C@H]1CC[C@@]2(C)C(=CC[C@@H]3[C@@H]2CC[C@]2(C)C(c4cccnc4)=CC[C@@H]32)C1. The van der Waals surface area contributed by atoms with Gasteiger partial charge in [-0.05, 0) is 89.9 Å². The van der Waals surface area contributed by atoms with Crippen molar-refractivity contribution in [3.8, 4) is 0 Å². The largest absolute Gasteiger partial charge is 0.480 e. The maximum atomic E-state index is 13.1. The van der Waals surface area contributed by atoms with Crippen LogP contribution in [0.1, 0.15) is 96.6 Å². The van der Waals surface area contributed by atoms with E-state index in [1.54, 1.807) is 21.6 Å². The third-order valence-corrected chi connectivity index (χ3v) is 15.5. The highest BCUT2D eigenvalue weighted by Gasteiger charge is 2.57. The van der Waals surface area contributed by atoms with Gasteiger partial charge in [0.2, 0.25) is 5.91 Å². The first-order valence-corrected chi connectivity index (χ1v) is 20.6. The van der Waals surface area contributed by atoms with Gasteiger partial charge in [-0.2, -0.15) is 0 Å². The summed E-state index contributed by atoms with van der Waals surface area (Å²) in [6.07, 6.45) is 17.0. The lowest BCUT2D eigenvalue weighted by Crippen LogP contribution is -2.50. The minimum absolute atomic E-state index is 0.0288. The number of carbonyl (C=O) groups is 3. The Balaban J connectivity index is 0.965. The van der Waals surface area contributed by atoms with Gasteiger partial charge in [0, 0.05) is 42.3 Å². The molecule has 6 rings (SSSR count). The fourth-order valence-electron chi connectivity index (χ4n) is 9.57. The van der Waals surface area contributed by atoms with Crippen molar-refractivity contribution >= 4 is 45.0 Å². The summed E-state index contributed by atoms with van der Waals surface area (Å²) in [7, 11) is 3.16. The van der Waals surface area contributed by atoms with Crippen molar-refractivity contribution < 1.29 is 24.2 Å². The van der Waals surface area contributed by atoms with E-state index < -0.39 is 5.97 Å². The molecule has 7 nitrogen and oxygen atoms in total. The second-order valence-electron chi connectivity index (χ2n) is 15.5. The van der Waals surface area contributed by atoms with Gasteiger partial charge in [0.15, 0.2) is 0 Å². The second kappa shape index (κ2) is 15.7. The van der Waals surface area contributed by atoms with Crippen LogP contribution in [0.15, 0.2) is 72.6 Å². The standard InChI is InChI=1S/C41H52N2O5S2/c1-27(21-37(44)43(26-38(45)46)25-29-9-6-5-7-10-29)49-50-28(2)22-39(47)48-32-16-18-40(3)31(23-32)12-13-33-35-15-14-34(30-11-8-20-42-24-30)41(35,4)19-17-36(33)40/h5-12,14,20,24,27-28,32-33,35-36H,13,15-19,21-23,25-26H2,1-4H3,(H,45,46)/t27?,28-,32+,33+,35+,36+,40+,41-/m1/s1. The minimum Gasteiger partial charge on any atom is -0.480 e. The first kappa shape index (κ1) is 36.7. The van der Waals surface area contributed by atoms with Gasteiger partial charge in [-0.3, -0.25) is 19.4 Å². The van der Waals surface area contributed by atoms with Gasteiger partial charge in [0.1, 0.15) is 12.6 Å². The van der Waals surface area contributed by atoms with Crippen molar-refractivity contribution in [2.45, 2.75) is 109 Å². The van der Waals surface area contributed by atoms with Crippen LogP contribution in [0.5, 0.6) is 0 Å². The number of allylic oxidation sites excluding steroid dienone is 3. The van der Waals surface area contributed by atoms with E-state index in [2.05, 4.69) is 43.1 Å². The van der Waals surface area contributed by atoms with E-state index in [4.69, 9.17) is 4.74 Å². The molecule has 1 unspecified atom stereocenters. The van der Waals surface area contributed by atoms with E-state index in [0.717, 1.165) is 37.7 Å². The zero-order valence-electron chi connectivity index (χ0n) is 29.9. The summed E-state index contributed by atoms with van der Waals surface area (Å²) in [5.41, 5.74) is 5.58. The Kier molecular flexibility index (Phi) is 11.5. The Hall–Kier alpha value is -3.04. The predicted molar refractivity (Wildman–Crippen MR) is 202 cm³/mol. The smallest absolute Gasteiger partial charge is 0.323 e. The number of pyridine rings is 1. The van der Waals surface area contributed by atoms with E-state index in [1.807, 2.05) is 56.6 Å². The molecule has 4 aliphatic carbocycles. The quantitative estimate of drug-likeness (QED) is 0.125. The Morgan fingerprint density at radius 3 is 2.40 bits per heavy atom. The average Bonchev–Trinajstić information content (AvgIpc) is 3.45. The Morgan fingerprint density at radius 2 is 1.68 bits per heavy atom. The summed E-state index contributed by atoms with van der Waals surface area (Å²) in [5.74, 6) is 0.660. The van der Waals surface area contributed by atoms with Crippen LogP contribution in [0.4, 0.5) is 0 Å². The van der Waals surface area contributed by atoms with Crippen LogP contribution in [-0.4, -0.2) is 56.0 Å². The highest BCUT2D eigenvalue weighted by atomic mass is 33.1. The summed E-state index contributed by atoms with van der Waals surface area (Å²) in [5, 5.41) is 9.36. The molecule has 0 bridgehead atoms. The number of ether oxygens (including phenoxy) is 1. The third kappa shape index (κ3) is 8.04. The molecule has 1 aromatic heterocycles. The molecule has 2 saturated carbocycles. The normalized spacial score (nSPS) is 29.7. The van der Waals surface area contributed by atoms with Gasteiger partial charge in [0.25, 0.3) is 0 Å². The zero-order chi connectivity index (χ0) is 35.5. The highest BCUT2D eigenvalue weighted by molar-refractivity contribution is 8.77. The topological polar surface area (TPSA) is 96.8 Å². The molecule has 0 spiro atoms. The number of benzene rings is 1. The molecule has 268 valence electrons. The van der Waals surface area contributed by atoms with Gasteiger partial charge in [-0.15, -0.1) is 0 Å². The van der Waals surface area contributed by atoms with Crippen molar-refractivity contribution in [3.05, 3.63) is 83.7 Å². The molecule has 2 aromatic rings. The summed E-state index contributed by atoms with van der Waals surface area (Å²) < 4.78 is 6.10. The summed E-state index contributed by atoms with van der Waals surface area (Å²) in [6.45, 7) is 8.92. The molecule has 8 atom stereocenters. The molecule has 0 aliphatic heterocycles. The Morgan fingerprint density at radius 1 is 0.940 bits per heavy atom. The molecule has 0 saturated heterocycles. The van der Waals surface area contributed by atoms with Gasteiger partial charge in [-0.25, -0.2) is 0 Å². The number of aromatic nitrogens is 1. The van der Waals surface area contributed by atoms with Crippen LogP contribution in [-0.2, 0) is 25.7 Å². The molecule has 1 N–H and O–H groups in total. The van der Waals surface area contributed by atoms with Crippen LogP contribution >= 0.6 is 21.6 Å². The number of carboxylic acid groups (broad SMARTS) is 1. The van der Waals surface area contributed by atoms with E-state index in [9.17, 15) is 19.5 Å². The first-order valence-electron chi connectivity index (χ1n) is 18.3. The number of carboxylic acids is 1. The Labute approximate surface area is 305 Å². The monoisotopic (exact) mass is 716 g/mol. The number of rotatable bonds is 13. The van der Waals surface area contributed by atoms with Crippen LogP contribution < -0.4 is 0 Å². The summed E-state index contributed by atoms with van der Waals surface area (Å²) in [4.78, 5) is 43.4. The number of hydrogen-bond donors (Lipinski definition) is 1. The van der Waals surface area contributed by atoms with Crippen molar-refractivity contribution in [1.82, 2.24) is 9.88 Å². The lowest BCUT2D eigenvalue weighted by atomic mass is 9.47. The number of carbonyl (C=O) groups excluding carboxylic acids is 2. The fourth-order valence-corrected chi connectivity index (χ4v) is 11.9. The van der Waals surface area contributed by atoms with Crippen LogP contribution in [0.3, 0.4) is 0 Å². The average molecular weight is 717 g/mol. The van der Waals surface area contributed by atoms with Crippen LogP contribution in [0.2, 0.25) is 0 Å². The molecule has 4 aliphatic rings. The van der Waals surface area contributed by atoms with Crippen molar-refractivity contribution in [1.29, 1.82) is 0 Å². The molecule has 1 heterocycles. The fraction of sp³-hybridized carbons (Fsp3) is 0.561. The third-order valence-electron chi connectivity index (χ3n) is 12.1. The van der Waals surface area contributed by atoms with Gasteiger partial charge < -0.3 is 14.7 Å². The summed E-state index contributed by atoms with van der Waals surface area (Å²) in [6, 6.07) is 13.7. The molecule has 1 aromatic carbocycles. The van der Waals surface area contributed by atoms with Gasteiger partial charge in [0.05, 0.1) is 6.42 Å². The second-order valence-corrected chi connectivity index (χ2v) is 18.7. The molecular weight excluding hydrogens is 665 g/mol. The highest BCUT2D eigenvalue weighted by Crippen LogP contribution is 2.66. The van der Waals surface area contributed by atoms with Gasteiger partial charge in [-0.1, -0.05) is 103 Å². The van der Waals surface area contributed by atoms with Gasteiger partial charge >= 0.3 is 11.9 Å². The lowest BCUT2D eigenvalue weighted by Gasteiger charge is -2.57. The molecule has 9 heteroatoms. The van der Waals surface area contributed by atoms with E-state index in [-0.39, 0.29) is 58.8 Å². The maximum Gasteiger partial charge on any atom is 0.323 e. The van der Waals surface area contributed by atoms with E-state index in [1.165, 1.54) is 34.5 Å². The first-order chi connectivity index (χ1) is 24.0. The van der Waals surface area contributed by atoms with Crippen LogP contribution in [0, 0.1) is 28.6 Å². The minimum atomic E-state index is -1.03. The van der Waals surface area contributed by atoms with E-state index >= 15 is 0 Å². The number of nitrogens with zero attached hydrogens (tertiary/aromatic N) is 2. The molecule has 50 heavy (non-hydrogen) atoms. The maximum absolute atomic E-state index is 13.1. The molecule has 0 radical (unpaired) electrons. The number of aliphatic carboxylic acids is 1. The predicted octanol–water partition coefficient (Wildman–Crippen LogP) is 9.00. The lowest BCUT2D eigenvalue weighted by molar-refractivity contribution is -0.151. The Bertz CT molecular complexity index is 1600. The number of hydrogen-bond acceptors (Lipinski definition) is 7. The molecular formula is C41H52N2O5S2. The number of fused-ring (bicyclic) bond motifs is 5. The van der Waals surface area contributed by atoms with Crippen molar-refractivity contribution in [2.24, 2.45) is 28.6 Å².